The smallest absolute Gasteiger partial charge is 0.311 e. The Labute approximate surface area is 324 Å². The Morgan fingerprint density at radius 3 is 1.76 bits per heavy atom. The van der Waals surface area contributed by atoms with Gasteiger partial charge in [0.05, 0.1) is 28.8 Å². The predicted molar refractivity (Wildman–Crippen MR) is 202 cm³/mol. The Hall–Kier alpha value is -2.16. The molecule has 0 radical (unpaired) electrons. The minimum atomic E-state index is -0.455. The van der Waals surface area contributed by atoms with E-state index in [1.165, 1.54) is 12.8 Å². The first-order valence-corrected chi connectivity index (χ1v) is 22.1. The lowest BCUT2D eigenvalue weighted by molar-refractivity contribution is -0.294. The SMILES string of the molecule is CCC(C)(C)C(=O)OC1C2CC3C(=O)OC1C3C2.CCC(C)C(=O)OC1(CC)CCCC1.CCC(C)C(=O)OC12CC3C4CC5(O)CC3C(C1)C(C5)C4C2. The van der Waals surface area contributed by atoms with Gasteiger partial charge in [-0.15, -0.1) is 0 Å². The van der Waals surface area contributed by atoms with Crippen molar-refractivity contribution in [3.05, 3.63) is 0 Å². The molecule has 1 N–H and O–H groups in total. The van der Waals surface area contributed by atoms with Crippen molar-refractivity contribution in [2.75, 3.05) is 0 Å². The average Bonchev–Trinajstić information content (AvgIpc) is 3.92. The third-order valence-corrected chi connectivity index (χ3v) is 16.9. The van der Waals surface area contributed by atoms with Crippen LogP contribution in [0.4, 0.5) is 0 Å². The number of aliphatic hydroxyl groups is 1. The van der Waals surface area contributed by atoms with Gasteiger partial charge in [0, 0.05) is 11.8 Å². The zero-order valence-corrected chi connectivity index (χ0v) is 34.5. The Morgan fingerprint density at radius 2 is 1.28 bits per heavy atom. The van der Waals surface area contributed by atoms with Crippen molar-refractivity contribution in [3.63, 3.8) is 0 Å². The summed E-state index contributed by atoms with van der Waals surface area (Å²) < 4.78 is 22.9. The molecule has 9 heteroatoms. The van der Waals surface area contributed by atoms with Crippen LogP contribution in [0.1, 0.15) is 158 Å². The number of fused-ring (bicyclic) bond motifs is 1. The van der Waals surface area contributed by atoms with Crippen LogP contribution in [0.25, 0.3) is 0 Å². The van der Waals surface area contributed by atoms with Gasteiger partial charge < -0.3 is 24.1 Å². The average molecular weight is 755 g/mol. The highest BCUT2D eigenvalue weighted by Crippen LogP contribution is 2.73. The first-order chi connectivity index (χ1) is 25.5. The summed E-state index contributed by atoms with van der Waals surface area (Å²) in [5.41, 5.74) is -1.05. The maximum absolute atomic E-state index is 12.4. The van der Waals surface area contributed by atoms with Gasteiger partial charge in [0.2, 0.25) is 0 Å². The highest BCUT2D eigenvalue weighted by atomic mass is 16.6. The molecule has 1 saturated heterocycles. The van der Waals surface area contributed by atoms with Crippen LogP contribution in [0.5, 0.6) is 0 Å². The summed E-state index contributed by atoms with van der Waals surface area (Å²) in [6, 6.07) is 0. The maximum atomic E-state index is 12.4. The van der Waals surface area contributed by atoms with Gasteiger partial charge >= 0.3 is 23.9 Å². The normalized spacial score (nSPS) is 43.1. The molecule has 9 nitrogen and oxygen atoms in total. The first-order valence-electron chi connectivity index (χ1n) is 22.1. The minimum Gasteiger partial charge on any atom is -0.459 e. The van der Waals surface area contributed by atoms with Gasteiger partial charge in [-0.25, -0.2) is 0 Å². The number of hydrogen-bond acceptors (Lipinski definition) is 9. The van der Waals surface area contributed by atoms with E-state index in [0.717, 1.165) is 125 Å². The zero-order valence-electron chi connectivity index (χ0n) is 34.5. The van der Waals surface area contributed by atoms with Gasteiger partial charge in [-0.3, -0.25) is 19.2 Å². The fourth-order valence-corrected chi connectivity index (χ4v) is 13.0. The number of carbonyl (C=O) groups is 4. The van der Waals surface area contributed by atoms with Crippen molar-refractivity contribution in [2.45, 2.75) is 187 Å². The third-order valence-electron chi connectivity index (χ3n) is 16.9. The molecule has 11 aliphatic rings. The van der Waals surface area contributed by atoms with Crippen molar-refractivity contribution in [2.24, 2.45) is 70.5 Å². The Balaban J connectivity index is 0.000000129. The summed E-state index contributed by atoms with van der Waals surface area (Å²) in [6.07, 6.45) is 15.8. The largest absolute Gasteiger partial charge is 0.459 e. The minimum absolute atomic E-state index is 0.00347. The van der Waals surface area contributed by atoms with Crippen molar-refractivity contribution in [3.8, 4) is 0 Å². The van der Waals surface area contributed by atoms with Crippen LogP contribution < -0.4 is 0 Å². The Kier molecular flexibility index (Phi) is 10.9. The molecule has 11 rings (SSSR count). The number of rotatable bonds is 10. The topological polar surface area (TPSA) is 125 Å². The number of hydrogen-bond donors (Lipinski definition) is 1. The van der Waals surface area contributed by atoms with Gasteiger partial charge in [-0.1, -0.05) is 41.5 Å². The zero-order chi connectivity index (χ0) is 39.0. The van der Waals surface area contributed by atoms with Crippen molar-refractivity contribution in [1.82, 2.24) is 0 Å². The van der Waals surface area contributed by atoms with E-state index in [4.69, 9.17) is 18.9 Å². The van der Waals surface area contributed by atoms with Crippen molar-refractivity contribution >= 4 is 23.9 Å². The lowest BCUT2D eigenvalue weighted by Gasteiger charge is -2.73. The van der Waals surface area contributed by atoms with Gasteiger partial charge in [0.1, 0.15) is 23.4 Å². The molecule has 1 aliphatic heterocycles. The van der Waals surface area contributed by atoms with Crippen LogP contribution in [0, 0.1) is 70.5 Å². The second kappa shape index (κ2) is 14.7. The summed E-state index contributed by atoms with van der Waals surface area (Å²) in [7, 11) is 0. The summed E-state index contributed by atoms with van der Waals surface area (Å²) >= 11 is 0. The Bertz CT molecular complexity index is 1380. The quantitative estimate of drug-likeness (QED) is 0.173. The molecule has 1 heterocycles. The highest BCUT2D eigenvalue weighted by Gasteiger charge is 2.71. The van der Waals surface area contributed by atoms with Gasteiger partial charge in [0.25, 0.3) is 0 Å². The van der Waals surface area contributed by atoms with Crippen LogP contribution >= 0.6 is 0 Å². The van der Waals surface area contributed by atoms with Gasteiger partial charge in [0.15, 0.2) is 0 Å². The second-order valence-corrected chi connectivity index (χ2v) is 20.3. The molecule has 7 unspecified atom stereocenters. The Morgan fingerprint density at radius 1 is 0.778 bits per heavy atom. The van der Waals surface area contributed by atoms with Gasteiger partial charge in [-0.05, 0) is 152 Å². The molecular weight excluding hydrogens is 684 g/mol. The van der Waals surface area contributed by atoms with E-state index in [1.54, 1.807) is 0 Å². The number of carbonyl (C=O) groups excluding carboxylic acids is 4. The summed E-state index contributed by atoms with van der Waals surface area (Å²) in [6.45, 7) is 15.9. The molecule has 10 bridgehead atoms. The molecule has 0 amide bonds. The summed E-state index contributed by atoms with van der Waals surface area (Å²) in [4.78, 5) is 47.8. The number of esters is 4. The second-order valence-electron chi connectivity index (χ2n) is 20.3. The van der Waals surface area contributed by atoms with E-state index < -0.39 is 5.41 Å². The van der Waals surface area contributed by atoms with Crippen LogP contribution in [-0.2, 0) is 38.1 Å². The molecule has 54 heavy (non-hydrogen) atoms. The van der Waals surface area contributed by atoms with E-state index in [2.05, 4.69) is 13.8 Å². The van der Waals surface area contributed by atoms with E-state index in [1.807, 2.05) is 41.5 Å². The van der Waals surface area contributed by atoms with Gasteiger partial charge in [-0.2, -0.15) is 0 Å². The molecule has 0 aromatic heterocycles. The first kappa shape index (κ1) is 40.1. The fourth-order valence-electron chi connectivity index (χ4n) is 13.0. The molecule has 304 valence electrons. The van der Waals surface area contributed by atoms with E-state index in [0.29, 0.717) is 11.8 Å². The molecular formula is C45H70O9. The van der Waals surface area contributed by atoms with E-state index in [9.17, 15) is 24.3 Å². The van der Waals surface area contributed by atoms with E-state index >= 15 is 0 Å². The monoisotopic (exact) mass is 755 g/mol. The van der Waals surface area contributed by atoms with Crippen molar-refractivity contribution in [1.29, 1.82) is 0 Å². The molecule has 10 aliphatic carbocycles. The fraction of sp³-hybridized carbons (Fsp3) is 0.911. The lowest BCUT2D eigenvalue weighted by atomic mass is 9.34. The van der Waals surface area contributed by atoms with Crippen LogP contribution in [-0.4, -0.2) is 58.0 Å². The van der Waals surface area contributed by atoms with Crippen LogP contribution in [0.2, 0.25) is 0 Å². The molecule has 0 spiro atoms. The summed E-state index contributed by atoms with van der Waals surface area (Å²) in [5, 5.41) is 10.8. The molecule has 10 saturated carbocycles. The van der Waals surface area contributed by atoms with Crippen LogP contribution in [0.3, 0.4) is 0 Å². The van der Waals surface area contributed by atoms with Crippen LogP contribution in [0.15, 0.2) is 0 Å². The molecule has 11 fully saturated rings. The highest BCUT2D eigenvalue weighted by molar-refractivity contribution is 5.78. The molecule has 7 atom stereocenters. The molecule has 0 aromatic rings. The predicted octanol–water partition coefficient (Wildman–Crippen LogP) is 8.37. The lowest BCUT2D eigenvalue weighted by Crippen LogP contribution is -2.71. The van der Waals surface area contributed by atoms with Crippen molar-refractivity contribution < 1.29 is 43.2 Å². The third kappa shape index (κ3) is 6.94. The standard InChI is InChI=1S/C19H28O3.C14H20O4.C12H22O2/c1-3-10(2)17(20)22-19-7-14-11-4-18(21)5-12(14)16(9-19)13(6-18)15(11)8-19;1-4-14(2,3)13(16)18-10-7-5-8-9(6-7)12(15)17-11(8)10;1-4-10(3)11(13)14-12(5-2)8-6-7-9-12/h10-16,21H,3-9H2,1-2H3;7-11H,4-6H2,1-3H3;10H,4-9H2,1-3H3. The summed E-state index contributed by atoms with van der Waals surface area (Å²) in [5.74, 6) is 4.88. The number of ether oxygens (including phenoxy) is 4. The maximum Gasteiger partial charge on any atom is 0.311 e. The van der Waals surface area contributed by atoms with E-state index in [-0.39, 0.29) is 70.6 Å². The molecule has 0 aromatic carbocycles.